The molecule has 0 unspecified atom stereocenters. The van der Waals surface area contributed by atoms with Gasteiger partial charge in [-0.1, -0.05) is 14.4 Å². The molecule has 0 spiro atoms. The lowest BCUT2D eigenvalue weighted by molar-refractivity contribution is 0.0740. The number of carbonyl (C=O) groups excluding carboxylic acids is 1. The first-order valence-electron chi connectivity index (χ1n) is 30.0. The lowest BCUT2D eigenvalue weighted by Gasteiger charge is -2.28. The van der Waals surface area contributed by atoms with Crippen molar-refractivity contribution in [3.63, 3.8) is 0 Å². The molecule has 3 aliphatic heterocycles. The lowest BCUT2D eigenvalue weighted by atomic mass is 10.1. The minimum absolute atomic E-state index is 0. The van der Waals surface area contributed by atoms with E-state index in [9.17, 15) is 54.8 Å². The van der Waals surface area contributed by atoms with E-state index in [1.807, 2.05) is 51.9 Å². The monoisotopic (exact) mass is 1320 g/mol. The van der Waals surface area contributed by atoms with Crippen LogP contribution in [0.2, 0.25) is 0 Å². The number of rotatable bonds is 12. The molecule has 19 nitrogen and oxygen atoms in total. The number of nitriles is 2. The second-order valence-electron chi connectivity index (χ2n) is 22.3. The van der Waals surface area contributed by atoms with Crippen molar-refractivity contribution in [2.45, 2.75) is 79.3 Å². The summed E-state index contributed by atoms with van der Waals surface area (Å²) in [6.07, 6.45) is 3.00. The van der Waals surface area contributed by atoms with E-state index in [0.717, 1.165) is 75.2 Å². The molecular formula is C68H61F9N18O. The molecule has 0 saturated carbocycles. The van der Waals surface area contributed by atoms with Crippen LogP contribution in [0.4, 0.5) is 39.5 Å². The highest BCUT2D eigenvalue weighted by atomic mass is 19.3. The molecule has 3 aliphatic rings. The standard InChI is InChI=1S/C22H19F3N6O.C22H17F3N6.C20H15FN6.C3H6F2.CH4/c23-15-4-1-13(2-5-15)20-21(30-8-7-29(11-17(24)25)12-19(30)28-20)14-3-6-18-27-9-16(22(26)32)31(18)10-14;23-16-4-1-14(2-5-16)21-22(15-3-6-19-27-10-17(9-26)31(19)11-15)30-8-7-29(12-18(24)25)13-20(30)28-21;21-15-4-1-13(2-5-15)19-20(26-8-7-23-11-18(26)25-19)14-3-6-17-24-10-16(9-22)27(17)12-14;1-2-3(4)5;/h1-6,9-10,17H,7-8,11-12H2,(H2,26,32);1-6,10-11,18H,7-8,12-13H2;1-6,10,12,23H,7-8,11H2;3H,2H2,1H3;1H4. The van der Waals surface area contributed by atoms with Gasteiger partial charge in [-0.25, -0.2) is 69.4 Å². The van der Waals surface area contributed by atoms with Crippen LogP contribution in [0.1, 0.15) is 60.1 Å². The topological polar surface area (TPSA) is 215 Å². The van der Waals surface area contributed by atoms with Crippen LogP contribution in [0.3, 0.4) is 0 Å². The first kappa shape index (κ1) is 66.5. The number of nitrogens with one attached hydrogen (secondary N) is 1. The maximum atomic E-state index is 13.5. The zero-order chi connectivity index (χ0) is 66.6. The Hall–Kier alpha value is -10.9. The van der Waals surface area contributed by atoms with Crippen molar-refractivity contribution in [1.82, 2.24) is 71.9 Å². The average Bonchev–Trinajstić information content (AvgIpc) is 1.61. The zero-order valence-corrected chi connectivity index (χ0v) is 50.6. The maximum absolute atomic E-state index is 13.5. The number of fused-ring (bicyclic) bond motifs is 6. The summed E-state index contributed by atoms with van der Waals surface area (Å²) < 4.78 is 125. The number of aromatic nitrogens is 12. The van der Waals surface area contributed by atoms with E-state index in [0.29, 0.717) is 90.6 Å². The Bertz CT molecular complexity index is 4840. The minimum Gasteiger partial charge on any atom is -0.364 e. The maximum Gasteiger partial charge on any atom is 0.267 e. The number of carbonyl (C=O) groups is 1. The number of nitrogens with zero attached hydrogens (tertiary/aromatic N) is 16. The highest BCUT2D eigenvalue weighted by Gasteiger charge is 2.30. The van der Waals surface area contributed by atoms with Gasteiger partial charge in [0.2, 0.25) is 6.43 Å². The number of imidazole rings is 6. The predicted molar refractivity (Wildman–Crippen MR) is 341 cm³/mol. The van der Waals surface area contributed by atoms with E-state index in [4.69, 9.17) is 20.7 Å². The van der Waals surface area contributed by atoms with Gasteiger partial charge in [0.1, 0.15) is 81.1 Å². The van der Waals surface area contributed by atoms with Gasteiger partial charge >= 0.3 is 0 Å². The van der Waals surface area contributed by atoms with Crippen molar-refractivity contribution in [2.24, 2.45) is 5.73 Å². The molecule has 96 heavy (non-hydrogen) atoms. The van der Waals surface area contributed by atoms with Crippen LogP contribution in [0.15, 0.2) is 146 Å². The van der Waals surface area contributed by atoms with Gasteiger partial charge in [0, 0.05) is 97.7 Å². The minimum atomic E-state index is -2.43. The molecule has 28 heteroatoms. The molecule has 0 fully saturated rings. The Morgan fingerprint density at radius 3 is 1.23 bits per heavy atom. The molecule has 0 bridgehead atoms. The van der Waals surface area contributed by atoms with Crippen molar-refractivity contribution in [3.05, 3.63) is 198 Å². The molecule has 0 atom stereocenters. The third-order valence-electron chi connectivity index (χ3n) is 16.2. The Kier molecular flexibility index (Phi) is 19.9. The largest absolute Gasteiger partial charge is 0.364 e. The van der Waals surface area contributed by atoms with Crippen molar-refractivity contribution in [1.29, 1.82) is 10.5 Å². The molecule has 12 aromatic rings. The number of primary amides is 1. The van der Waals surface area contributed by atoms with E-state index >= 15 is 0 Å². The molecule has 3 N–H and O–H groups in total. The highest BCUT2D eigenvalue weighted by Crippen LogP contribution is 2.39. The SMILES string of the molecule is C.CCC(F)F.N#Cc1cnc2ccc(-c3c(-c4ccc(F)cc4)nc4n3CCN(CC(F)F)C4)cn12.N#Cc1cnc2ccc(-c3c(-c4ccc(F)cc4)nc4n3CCNC4)cn12.NC(=O)c1cnc2ccc(-c3c(-c4ccc(F)cc4)nc4n3CCN(CC(F)F)C4)cn12. The number of hydrogen-bond acceptors (Lipinski definition) is 12. The van der Waals surface area contributed by atoms with Gasteiger partial charge in [0.15, 0.2) is 0 Å². The first-order valence-corrected chi connectivity index (χ1v) is 30.0. The molecule has 15 rings (SSSR count). The molecular weight excluding hydrogens is 1260 g/mol. The second-order valence-corrected chi connectivity index (χ2v) is 22.3. The Morgan fingerprint density at radius 2 is 0.854 bits per heavy atom. The van der Waals surface area contributed by atoms with Gasteiger partial charge < -0.3 is 24.8 Å². The summed E-state index contributed by atoms with van der Waals surface area (Å²) >= 11 is 0. The summed E-state index contributed by atoms with van der Waals surface area (Å²) in [5, 5.41) is 22.0. The fourth-order valence-corrected chi connectivity index (χ4v) is 11.7. The van der Waals surface area contributed by atoms with Gasteiger partial charge in [-0.3, -0.25) is 27.8 Å². The first-order chi connectivity index (χ1) is 45.9. The summed E-state index contributed by atoms with van der Waals surface area (Å²) in [5.74, 6) is 0.668. The van der Waals surface area contributed by atoms with Gasteiger partial charge in [-0.05, 0) is 109 Å². The lowest BCUT2D eigenvalue weighted by Crippen LogP contribution is -2.37. The zero-order valence-electron chi connectivity index (χ0n) is 50.6. The molecule has 0 saturated heterocycles. The Labute approximate surface area is 543 Å². The number of pyridine rings is 3. The van der Waals surface area contributed by atoms with Gasteiger partial charge in [-0.2, -0.15) is 10.5 Å². The summed E-state index contributed by atoms with van der Waals surface area (Å²) in [6, 6.07) is 33.9. The normalized spacial score (nSPS) is 13.6. The number of halogens is 9. The summed E-state index contributed by atoms with van der Waals surface area (Å²) in [7, 11) is 0. The van der Waals surface area contributed by atoms with Crippen LogP contribution in [0, 0.1) is 40.1 Å². The third kappa shape index (κ3) is 14.0. The van der Waals surface area contributed by atoms with Crippen molar-refractivity contribution >= 4 is 22.8 Å². The smallest absolute Gasteiger partial charge is 0.267 e. The second kappa shape index (κ2) is 28.7. The van der Waals surface area contributed by atoms with Gasteiger partial charge in [0.25, 0.3) is 18.8 Å². The van der Waals surface area contributed by atoms with E-state index < -0.39 is 25.2 Å². The summed E-state index contributed by atoms with van der Waals surface area (Å²) in [4.78, 5) is 42.1. The molecule has 3 aromatic carbocycles. The van der Waals surface area contributed by atoms with Crippen LogP contribution in [-0.4, -0.2) is 125 Å². The number of alkyl halides is 6. The third-order valence-corrected chi connectivity index (χ3v) is 16.2. The van der Waals surface area contributed by atoms with Crippen molar-refractivity contribution in [2.75, 3.05) is 32.7 Å². The molecule has 0 radical (unpaired) electrons. The highest BCUT2D eigenvalue weighted by molar-refractivity contribution is 5.92. The molecule has 1 amide bonds. The fourth-order valence-electron chi connectivity index (χ4n) is 11.7. The van der Waals surface area contributed by atoms with Gasteiger partial charge in [0.05, 0.1) is 85.5 Å². The van der Waals surface area contributed by atoms with Crippen LogP contribution in [0.25, 0.3) is 84.5 Å². The van der Waals surface area contributed by atoms with E-state index in [1.165, 1.54) is 55.7 Å². The van der Waals surface area contributed by atoms with Crippen molar-refractivity contribution < 1.29 is 44.3 Å². The van der Waals surface area contributed by atoms with E-state index in [-0.39, 0.29) is 56.6 Å². The van der Waals surface area contributed by atoms with Crippen LogP contribution in [0.5, 0.6) is 0 Å². The fraction of sp³-hybridized carbons (Fsp3) is 0.250. The molecule has 12 heterocycles. The number of amides is 1. The predicted octanol–water partition coefficient (Wildman–Crippen LogP) is 12.4. The summed E-state index contributed by atoms with van der Waals surface area (Å²) in [6.45, 7) is 5.63. The summed E-state index contributed by atoms with van der Waals surface area (Å²) in [5.41, 5.74) is 17.9. The number of benzene rings is 3. The van der Waals surface area contributed by atoms with Crippen LogP contribution < -0.4 is 11.1 Å². The van der Waals surface area contributed by atoms with Crippen LogP contribution in [-0.2, 0) is 39.3 Å². The van der Waals surface area contributed by atoms with Crippen LogP contribution >= 0.6 is 0 Å². The Morgan fingerprint density at radius 1 is 0.500 bits per heavy atom. The average molecular weight is 1320 g/mol. The van der Waals surface area contributed by atoms with E-state index in [2.05, 4.69) is 37.0 Å². The van der Waals surface area contributed by atoms with Crippen molar-refractivity contribution in [3.8, 4) is 79.7 Å². The number of hydrogen-bond donors (Lipinski definition) is 2. The van der Waals surface area contributed by atoms with Gasteiger partial charge in [-0.15, -0.1) is 0 Å². The Balaban J connectivity index is 0.000000141. The quantitative estimate of drug-likeness (QED) is 0.109. The molecule has 0 aliphatic carbocycles. The number of nitrogens with two attached hydrogens (primary N) is 1. The molecule has 492 valence electrons. The van der Waals surface area contributed by atoms with E-state index in [1.54, 1.807) is 77.9 Å². The molecule has 9 aromatic heterocycles.